The molecular weight excluding hydrogens is 212 g/mol. The Balaban J connectivity index is 2.52. The third-order valence-corrected chi connectivity index (χ3v) is 2.29. The van der Waals surface area contributed by atoms with Crippen molar-refractivity contribution in [1.82, 2.24) is 5.32 Å². The van der Waals surface area contributed by atoms with Crippen LogP contribution in [-0.4, -0.2) is 26.3 Å². The molecule has 0 aromatic heterocycles. The van der Waals surface area contributed by atoms with Crippen molar-refractivity contribution < 1.29 is 13.5 Å². The molecule has 1 rings (SSSR count). The SMILES string of the molecule is COCC(C)NCC(F)(F)c1ccccc1. The summed E-state index contributed by atoms with van der Waals surface area (Å²) in [6.45, 7) is 1.86. The quantitative estimate of drug-likeness (QED) is 0.808. The number of methoxy groups -OCH3 is 1. The van der Waals surface area contributed by atoms with Crippen molar-refractivity contribution >= 4 is 0 Å². The summed E-state index contributed by atoms with van der Waals surface area (Å²) in [6.07, 6.45) is 0. The Morgan fingerprint density at radius 2 is 1.94 bits per heavy atom. The third kappa shape index (κ3) is 3.87. The summed E-state index contributed by atoms with van der Waals surface area (Å²) in [4.78, 5) is 0. The molecule has 4 heteroatoms. The van der Waals surface area contributed by atoms with Gasteiger partial charge in [-0.15, -0.1) is 0 Å². The van der Waals surface area contributed by atoms with E-state index < -0.39 is 5.92 Å². The number of alkyl halides is 2. The summed E-state index contributed by atoms with van der Waals surface area (Å²) in [7, 11) is 1.55. The van der Waals surface area contributed by atoms with Gasteiger partial charge in [0.25, 0.3) is 5.92 Å². The van der Waals surface area contributed by atoms with E-state index in [4.69, 9.17) is 4.74 Å². The molecule has 0 fully saturated rings. The molecule has 90 valence electrons. The Labute approximate surface area is 94.6 Å². The van der Waals surface area contributed by atoms with E-state index in [2.05, 4.69) is 5.32 Å². The van der Waals surface area contributed by atoms with E-state index in [0.717, 1.165) is 0 Å². The van der Waals surface area contributed by atoms with Gasteiger partial charge in [0.2, 0.25) is 0 Å². The lowest BCUT2D eigenvalue weighted by Gasteiger charge is -2.20. The molecule has 0 aliphatic rings. The Morgan fingerprint density at radius 3 is 2.50 bits per heavy atom. The zero-order valence-corrected chi connectivity index (χ0v) is 9.54. The van der Waals surface area contributed by atoms with Crippen molar-refractivity contribution in [2.75, 3.05) is 20.3 Å². The molecule has 0 heterocycles. The maximum absolute atomic E-state index is 13.7. The van der Waals surface area contributed by atoms with Crippen molar-refractivity contribution in [3.63, 3.8) is 0 Å². The highest BCUT2D eigenvalue weighted by molar-refractivity contribution is 5.20. The molecule has 0 radical (unpaired) electrons. The highest BCUT2D eigenvalue weighted by Gasteiger charge is 2.31. The van der Waals surface area contributed by atoms with Crippen LogP contribution in [0.15, 0.2) is 30.3 Å². The first-order valence-electron chi connectivity index (χ1n) is 5.22. The van der Waals surface area contributed by atoms with Gasteiger partial charge >= 0.3 is 0 Å². The molecule has 1 aromatic rings. The van der Waals surface area contributed by atoms with E-state index in [9.17, 15) is 8.78 Å². The molecule has 1 aromatic carbocycles. The van der Waals surface area contributed by atoms with Gasteiger partial charge in [-0.05, 0) is 6.92 Å². The lowest BCUT2D eigenvalue weighted by atomic mass is 10.1. The van der Waals surface area contributed by atoms with Crippen LogP contribution < -0.4 is 5.32 Å². The summed E-state index contributed by atoms with van der Waals surface area (Å²) < 4.78 is 32.2. The van der Waals surface area contributed by atoms with E-state index in [1.54, 1.807) is 25.3 Å². The van der Waals surface area contributed by atoms with Gasteiger partial charge < -0.3 is 10.1 Å². The Kier molecular flexibility index (Phi) is 4.83. The first-order chi connectivity index (χ1) is 7.56. The molecule has 1 N–H and O–H groups in total. The smallest absolute Gasteiger partial charge is 0.285 e. The standard InChI is InChI=1S/C12H17F2NO/c1-10(8-16-2)15-9-12(13,14)11-6-4-3-5-7-11/h3-7,10,15H,8-9H2,1-2H3. The van der Waals surface area contributed by atoms with Crippen LogP contribution in [0.25, 0.3) is 0 Å². The topological polar surface area (TPSA) is 21.3 Å². The first-order valence-corrected chi connectivity index (χ1v) is 5.22. The molecule has 16 heavy (non-hydrogen) atoms. The third-order valence-electron chi connectivity index (χ3n) is 2.29. The van der Waals surface area contributed by atoms with Crippen LogP contribution in [0, 0.1) is 0 Å². The van der Waals surface area contributed by atoms with Crippen molar-refractivity contribution in [1.29, 1.82) is 0 Å². The van der Waals surface area contributed by atoms with E-state index in [-0.39, 0.29) is 18.2 Å². The average Bonchev–Trinajstić information content (AvgIpc) is 2.28. The molecule has 2 nitrogen and oxygen atoms in total. The van der Waals surface area contributed by atoms with Gasteiger partial charge in [0, 0.05) is 18.7 Å². The van der Waals surface area contributed by atoms with Gasteiger partial charge in [-0.3, -0.25) is 0 Å². The number of rotatable bonds is 6. The molecule has 0 spiro atoms. The number of nitrogens with one attached hydrogen (secondary N) is 1. The van der Waals surface area contributed by atoms with Gasteiger partial charge in [-0.2, -0.15) is 8.78 Å². The van der Waals surface area contributed by atoms with Gasteiger partial charge in [0.15, 0.2) is 0 Å². The number of benzene rings is 1. The average molecular weight is 229 g/mol. The number of halogens is 2. The molecule has 0 bridgehead atoms. The fourth-order valence-electron chi connectivity index (χ4n) is 1.40. The van der Waals surface area contributed by atoms with Gasteiger partial charge in [0.1, 0.15) is 0 Å². The highest BCUT2D eigenvalue weighted by atomic mass is 19.3. The van der Waals surface area contributed by atoms with E-state index >= 15 is 0 Å². The first kappa shape index (κ1) is 13.1. The largest absolute Gasteiger partial charge is 0.383 e. The Bertz CT molecular complexity index is 303. The predicted octanol–water partition coefficient (Wildman–Crippen LogP) is 2.40. The molecule has 0 aliphatic carbocycles. The molecule has 0 aliphatic heterocycles. The van der Waals surface area contributed by atoms with Crippen LogP contribution in [0.4, 0.5) is 8.78 Å². The lowest BCUT2D eigenvalue weighted by Crippen LogP contribution is -2.38. The van der Waals surface area contributed by atoms with E-state index in [1.165, 1.54) is 12.1 Å². The highest BCUT2D eigenvalue weighted by Crippen LogP contribution is 2.26. The van der Waals surface area contributed by atoms with Crippen LogP contribution in [0.1, 0.15) is 12.5 Å². The second-order valence-corrected chi connectivity index (χ2v) is 3.81. The predicted molar refractivity (Wildman–Crippen MR) is 59.7 cm³/mol. The monoisotopic (exact) mass is 229 g/mol. The lowest BCUT2D eigenvalue weighted by molar-refractivity contribution is -0.00756. The molecule has 1 unspecified atom stereocenters. The van der Waals surface area contributed by atoms with Crippen LogP contribution in [0.5, 0.6) is 0 Å². The molecule has 0 saturated heterocycles. The zero-order valence-electron chi connectivity index (χ0n) is 9.54. The van der Waals surface area contributed by atoms with Crippen LogP contribution in [0.2, 0.25) is 0 Å². The van der Waals surface area contributed by atoms with Crippen LogP contribution in [0.3, 0.4) is 0 Å². The zero-order chi connectivity index (χ0) is 12.0. The fourth-order valence-corrected chi connectivity index (χ4v) is 1.40. The van der Waals surface area contributed by atoms with Gasteiger partial charge in [-0.25, -0.2) is 0 Å². The maximum Gasteiger partial charge on any atom is 0.285 e. The normalized spacial score (nSPS) is 13.8. The minimum atomic E-state index is -2.84. The maximum atomic E-state index is 13.7. The summed E-state index contributed by atoms with van der Waals surface area (Å²) in [6, 6.07) is 7.73. The second kappa shape index (κ2) is 5.92. The fraction of sp³-hybridized carbons (Fsp3) is 0.500. The number of ether oxygens (including phenoxy) is 1. The van der Waals surface area contributed by atoms with Gasteiger partial charge in [0.05, 0.1) is 13.2 Å². The molecule has 1 atom stereocenters. The summed E-state index contributed by atoms with van der Waals surface area (Å²) >= 11 is 0. The van der Waals surface area contributed by atoms with E-state index in [1.807, 2.05) is 6.92 Å². The molecule has 0 amide bonds. The Hall–Kier alpha value is -1.00. The van der Waals surface area contributed by atoms with Crippen molar-refractivity contribution in [3.05, 3.63) is 35.9 Å². The van der Waals surface area contributed by atoms with Crippen molar-refractivity contribution in [2.24, 2.45) is 0 Å². The van der Waals surface area contributed by atoms with Crippen molar-refractivity contribution in [3.8, 4) is 0 Å². The molecule has 0 saturated carbocycles. The minimum Gasteiger partial charge on any atom is -0.383 e. The summed E-state index contributed by atoms with van der Waals surface area (Å²) in [5.41, 5.74) is 0.0344. The van der Waals surface area contributed by atoms with Gasteiger partial charge in [-0.1, -0.05) is 30.3 Å². The van der Waals surface area contributed by atoms with Crippen LogP contribution >= 0.6 is 0 Å². The number of hydrogen-bond donors (Lipinski definition) is 1. The van der Waals surface area contributed by atoms with E-state index in [0.29, 0.717) is 6.61 Å². The molecular formula is C12H17F2NO. The van der Waals surface area contributed by atoms with Crippen molar-refractivity contribution in [2.45, 2.75) is 18.9 Å². The second-order valence-electron chi connectivity index (χ2n) is 3.81. The minimum absolute atomic E-state index is 0.0344. The summed E-state index contributed by atoms with van der Waals surface area (Å²) in [5, 5.41) is 2.75. The van der Waals surface area contributed by atoms with Crippen LogP contribution in [-0.2, 0) is 10.7 Å². The number of hydrogen-bond acceptors (Lipinski definition) is 2. The Morgan fingerprint density at radius 1 is 1.31 bits per heavy atom. The summed E-state index contributed by atoms with van der Waals surface area (Å²) in [5.74, 6) is -2.84.